The van der Waals surface area contributed by atoms with Crippen molar-refractivity contribution in [1.29, 1.82) is 0 Å². The molecule has 0 bridgehead atoms. The molecule has 1 atom stereocenters. The number of para-hydroxylation sites is 1. The minimum absolute atomic E-state index is 0.234. The lowest BCUT2D eigenvalue weighted by Crippen LogP contribution is -2.49. The van der Waals surface area contributed by atoms with Crippen LogP contribution in [0.2, 0.25) is 0 Å². The molecule has 3 aromatic rings. The summed E-state index contributed by atoms with van der Waals surface area (Å²) in [5.41, 5.74) is 5.01. The van der Waals surface area contributed by atoms with Crippen LogP contribution in [-0.4, -0.2) is 13.7 Å². The van der Waals surface area contributed by atoms with E-state index in [0.717, 1.165) is 23.2 Å². The molecule has 1 unspecified atom stereocenters. The van der Waals surface area contributed by atoms with Gasteiger partial charge in [0, 0.05) is 16.7 Å². The highest BCUT2D eigenvalue weighted by molar-refractivity contribution is 9.10. The molecule has 0 radical (unpaired) electrons. The highest BCUT2D eigenvalue weighted by Crippen LogP contribution is 2.44. The van der Waals surface area contributed by atoms with E-state index in [0.29, 0.717) is 0 Å². The van der Waals surface area contributed by atoms with E-state index in [1.54, 1.807) is 7.11 Å². The second-order valence-corrected chi connectivity index (χ2v) is 7.76. The van der Waals surface area contributed by atoms with E-state index in [1.807, 2.05) is 0 Å². The summed E-state index contributed by atoms with van der Waals surface area (Å²) in [6.45, 7) is 3.30. The first kappa shape index (κ1) is 17.2. The topological polar surface area (TPSA) is 12.5 Å². The molecule has 0 saturated heterocycles. The molecule has 1 heterocycles. The normalized spacial score (nSPS) is 19.1. The average molecular weight is 408 g/mol. The molecule has 0 amide bonds. The predicted molar refractivity (Wildman–Crippen MR) is 111 cm³/mol. The van der Waals surface area contributed by atoms with Gasteiger partial charge in [0.15, 0.2) is 0 Å². The molecular weight excluding hydrogens is 386 g/mol. The van der Waals surface area contributed by atoms with Crippen LogP contribution in [0.1, 0.15) is 23.6 Å². The summed E-state index contributed by atoms with van der Waals surface area (Å²) in [5, 5.41) is 0. The predicted octanol–water partition coefficient (Wildman–Crippen LogP) is 5.78. The second kappa shape index (κ2) is 6.81. The summed E-state index contributed by atoms with van der Waals surface area (Å²) >= 11 is 3.57. The maximum absolute atomic E-state index is 5.46. The quantitative estimate of drug-likeness (QED) is 0.545. The third-order valence-electron chi connectivity index (χ3n) is 5.46. The van der Waals surface area contributed by atoms with E-state index in [2.05, 4.69) is 101 Å². The van der Waals surface area contributed by atoms with Crippen LogP contribution < -0.4 is 9.64 Å². The molecule has 2 nitrogen and oxygen atoms in total. The van der Waals surface area contributed by atoms with Gasteiger partial charge in [-0.25, -0.2) is 0 Å². The molecule has 0 fully saturated rings. The van der Waals surface area contributed by atoms with Crippen molar-refractivity contribution in [2.45, 2.75) is 18.9 Å². The summed E-state index contributed by atoms with van der Waals surface area (Å²) in [6, 6.07) is 25.9. The van der Waals surface area contributed by atoms with E-state index in [-0.39, 0.29) is 5.54 Å². The first-order valence-corrected chi connectivity index (χ1v) is 9.68. The van der Waals surface area contributed by atoms with Gasteiger partial charge in [-0.3, -0.25) is 0 Å². The van der Waals surface area contributed by atoms with Crippen LogP contribution in [0.15, 0.2) is 77.3 Å². The van der Waals surface area contributed by atoms with Crippen molar-refractivity contribution < 1.29 is 4.74 Å². The average Bonchev–Trinajstić information content (AvgIpc) is 2.69. The molecule has 0 saturated carbocycles. The maximum atomic E-state index is 5.46. The molecule has 1 aliphatic rings. The van der Waals surface area contributed by atoms with E-state index >= 15 is 0 Å². The molecule has 4 rings (SSSR count). The van der Waals surface area contributed by atoms with Gasteiger partial charge in [0.05, 0.1) is 12.6 Å². The molecule has 0 N–H and O–H groups in total. The fourth-order valence-electron chi connectivity index (χ4n) is 4.06. The third kappa shape index (κ3) is 2.80. The lowest BCUT2D eigenvalue weighted by atomic mass is 9.76. The van der Waals surface area contributed by atoms with Gasteiger partial charge in [0.25, 0.3) is 0 Å². The van der Waals surface area contributed by atoms with Crippen LogP contribution in [0.25, 0.3) is 0 Å². The van der Waals surface area contributed by atoms with Crippen LogP contribution in [0.5, 0.6) is 5.75 Å². The van der Waals surface area contributed by atoms with Crippen LogP contribution in [0.4, 0.5) is 5.69 Å². The Morgan fingerprint density at radius 1 is 0.962 bits per heavy atom. The Labute approximate surface area is 163 Å². The molecule has 3 aromatic carbocycles. The lowest BCUT2D eigenvalue weighted by Gasteiger charge is -2.48. The van der Waals surface area contributed by atoms with Gasteiger partial charge in [-0.2, -0.15) is 0 Å². The number of methoxy groups -OCH3 is 1. The first-order chi connectivity index (χ1) is 12.6. The van der Waals surface area contributed by atoms with Crippen molar-refractivity contribution in [2.75, 3.05) is 18.6 Å². The number of benzene rings is 3. The van der Waals surface area contributed by atoms with Gasteiger partial charge < -0.3 is 9.64 Å². The molecule has 1 aliphatic heterocycles. The van der Waals surface area contributed by atoms with Crippen molar-refractivity contribution in [1.82, 2.24) is 0 Å². The zero-order valence-corrected chi connectivity index (χ0v) is 16.7. The fourth-order valence-corrected chi connectivity index (χ4v) is 4.33. The number of hydrogen-bond donors (Lipinski definition) is 0. The Balaban J connectivity index is 1.92. The van der Waals surface area contributed by atoms with E-state index in [9.17, 15) is 0 Å². The highest BCUT2D eigenvalue weighted by Gasteiger charge is 2.40. The number of rotatable bonds is 3. The number of halogens is 1. The van der Waals surface area contributed by atoms with Crippen LogP contribution in [0.3, 0.4) is 0 Å². The molecule has 0 aromatic heterocycles. The summed E-state index contributed by atoms with van der Waals surface area (Å²) in [5.74, 6) is 0.926. The van der Waals surface area contributed by atoms with Crippen LogP contribution in [0, 0.1) is 0 Å². The Kier molecular flexibility index (Phi) is 4.49. The second-order valence-electron chi connectivity index (χ2n) is 6.84. The lowest BCUT2D eigenvalue weighted by molar-refractivity contribution is 0.411. The monoisotopic (exact) mass is 407 g/mol. The first-order valence-electron chi connectivity index (χ1n) is 8.89. The van der Waals surface area contributed by atoms with Gasteiger partial charge in [-0.1, -0.05) is 52.3 Å². The van der Waals surface area contributed by atoms with Gasteiger partial charge in [0.1, 0.15) is 5.75 Å². The number of ether oxygens (including phenoxy) is 1. The summed E-state index contributed by atoms with van der Waals surface area (Å²) in [4.78, 5) is 2.52. The number of hydrogen-bond acceptors (Lipinski definition) is 2. The van der Waals surface area contributed by atoms with Gasteiger partial charge in [-0.15, -0.1) is 0 Å². The van der Waals surface area contributed by atoms with Crippen molar-refractivity contribution >= 4 is 21.6 Å². The van der Waals surface area contributed by atoms with Crippen molar-refractivity contribution in [3.63, 3.8) is 0 Å². The Morgan fingerprint density at radius 2 is 1.69 bits per heavy atom. The minimum Gasteiger partial charge on any atom is -0.497 e. The zero-order chi connectivity index (χ0) is 18.1. The highest BCUT2D eigenvalue weighted by atomic mass is 79.9. The third-order valence-corrected chi connectivity index (χ3v) is 5.98. The van der Waals surface area contributed by atoms with Crippen molar-refractivity contribution in [3.05, 3.63) is 94.0 Å². The summed E-state index contributed by atoms with van der Waals surface area (Å²) in [6.07, 6.45) is 1.01. The number of anilines is 1. The molecule has 132 valence electrons. The smallest absolute Gasteiger partial charge is 0.119 e. The Bertz CT molecular complexity index is 907. The van der Waals surface area contributed by atoms with Crippen LogP contribution >= 0.6 is 15.9 Å². The van der Waals surface area contributed by atoms with Crippen molar-refractivity contribution in [3.8, 4) is 5.75 Å². The van der Waals surface area contributed by atoms with E-state index in [4.69, 9.17) is 4.74 Å². The molecular formula is C23H22BrNO. The standard InChI is InChI=1S/C23H22BrNO/c1-23(18-8-10-19(24)11-9-18)22-13-12-21(26-2)16-17(22)14-15-25(23)20-6-4-3-5-7-20/h3-13,16H,14-15H2,1-2H3. The number of nitrogens with zero attached hydrogens (tertiary/aromatic N) is 1. The zero-order valence-electron chi connectivity index (χ0n) is 15.1. The molecule has 3 heteroatoms. The fraction of sp³-hybridized carbons (Fsp3) is 0.217. The van der Waals surface area contributed by atoms with Gasteiger partial charge >= 0.3 is 0 Å². The summed E-state index contributed by atoms with van der Waals surface area (Å²) in [7, 11) is 1.73. The van der Waals surface area contributed by atoms with Gasteiger partial charge in [-0.05, 0) is 66.4 Å². The van der Waals surface area contributed by atoms with Crippen LogP contribution in [-0.2, 0) is 12.0 Å². The molecule has 0 spiro atoms. The Hall–Kier alpha value is -2.26. The van der Waals surface area contributed by atoms with Gasteiger partial charge in [0.2, 0.25) is 0 Å². The Morgan fingerprint density at radius 3 is 2.38 bits per heavy atom. The molecule has 0 aliphatic carbocycles. The van der Waals surface area contributed by atoms with Crippen molar-refractivity contribution in [2.24, 2.45) is 0 Å². The van der Waals surface area contributed by atoms with E-state index < -0.39 is 0 Å². The SMILES string of the molecule is COc1ccc2c(c1)CCN(c1ccccc1)C2(C)c1ccc(Br)cc1. The number of fused-ring (bicyclic) bond motifs is 1. The molecule has 26 heavy (non-hydrogen) atoms. The maximum Gasteiger partial charge on any atom is 0.119 e. The largest absolute Gasteiger partial charge is 0.497 e. The van der Waals surface area contributed by atoms with E-state index in [1.165, 1.54) is 22.4 Å². The minimum atomic E-state index is -0.234. The summed E-state index contributed by atoms with van der Waals surface area (Å²) < 4.78 is 6.56.